The molecule has 0 aromatic carbocycles. The summed E-state index contributed by atoms with van der Waals surface area (Å²) < 4.78 is 20.8. The van der Waals surface area contributed by atoms with Gasteiger partial charge in [-0.2, -0.15) is 0 Å². The second-order valence-electron chi connectivity index (χ2n) is 4.32. The molecule has 6 atom stereocenters. The minimum absolute atomic E-state index is 0.00757. The SMILES string of the molecule is CP(=O)(O)OCSSCC1OC(CO)C(O)C(O)C1O. The first-order chi connectivity index (χ1) is 9.26. The average molecular weight is 350 g/mol. The van der Waals surface area contributed by atoms with Crippen LogP contribution in [0.2, 0.25) is 0 Å². The third kappa shape index (κ3) is 5.80. The number of rotatable bonds is 7. The monoisotopic (exact) mass is 350 g/mol. The lowest BCUT2D eigenvalue weighted by molar-refractivity contribution is -0.222. The fourth-order valence-corrected chi connectivity index (χ4v) is 4.40. The molecule has 0 radical (unpaired) electrons. The van der Waals surface area contributed by atoms with E-state index in [4.69, 9.17) is 14.7 Å². The summed E-state index contributed by atoms with van der Waals surface area (Å²) in [6, 6.07) is 0. The molecule has 20 heavy (non-hydrogen) atoms. The number of aliphatic hydroxyl groups excluding tert-OH is 4. The van der Waals surface area contributed by atoms with Crippen molar-refractivity contribution in [2.75, 3.05) is 25.0 Å². The van der Waals surface area contributed by atoms with Gasteiger partial charge in [0.05, 0.1) is 12.7 Å². The molecule has 8 nitrogen and oxygen atoms in total. The molecular weight excluding hydrogens is 331 g/mol. The molecular formula is C9H19O8PS2. The average Bonchev–Trinajstić information content (AvgIpc) is 2.37. The highest BCUT2D eigenvalue weighted by Crippen LogP contribution is 2.39. The number of ether oxygens (including phenoxy) is 1. The van der Waals surface area contributed by atoms with E-state index >= 15 is 0 Å². The maximum Gasteiger partial charge on any atom is 0.325 e. The second-order valence-corrected chi connectivity index (χ2v) is 8.64. The largest absolute Gasteiger partial charge is 0.394 e. The van der Waals surface area contributed by atoms with Gasteiger partial charge in [-0.15, -0.1) is 0 Å². The van der Waals surface area contributed by atoms with Gasteiger partial charge in [-0.3, -0.25) is 9.09 Å². The Morgan fingerprint density at radius 1 is 1.15 bits per heavy atom. The molecule has 5 N–H and O–H groups in total. The van der Waals surface area contributed by atoms with Crippen LogP contribution < -0.4 is 0 Å². The van der Waals surface area contributed by atoms with Crippen LogP contribution in [0.4, 0.5) is 0 Å². The zero-order chi connectivity index (χ0) is 15.3. The first-order valence-corrected chi connectivity index (χ1v) is 10.3. The molecule has 0 bridgehead atoms. The Morgan fingerprint density at radius 2 is 1.75 bits per heavy atom. The lowest BCUT2D eigenvalue weighted by atomic mass is 9.96. The van der Waals surface area contributed by atoms with Gasteiger partial charge in [0.25, 0.3) is 0 Å². The Bertz CT molecular complexity index is 338. The highest BCUT2D eigenvalue weighted by atomic mass is 33.1. The molecule has 0 amide bonds. The number of hydrogen-bond donors (Lipinski definition) is 5. The van der Waals surface area contributed by atoms with Crippen LogP contribution in [0, 0.1) is 0 Å². The smallest absolute Gasteiger partial charge is 0.325 e. The van der Waals surface area contributed by atoms with Gasteiger partial charge in [-0.25, -0.2) is 0 Å². The Kier molecular flexibility index (Phi) is 7.78. The van der Waals surface area contributed by atoms with Crippen molar-refractivity contribution in [1.82, 2.24) is 0 Å². The Labute approximate surface area is 124 Å². The fraction of sp³-hybridized carbons (Fsp3) is 1.00. The standard InChI is InChI=1S/C9H19O8PS2/c1-18(14,15)16-4-20-19-3-6-8(12)9(13)7(11)5(2-10)17-6/h5-13H,2-4H2,1H3,(H,14,15). The minimum atomic E-state index is -3.50. The van der Waals surface area contributed by atoms with Crippen LogP contribution in [0.15, 0.2) is 0 Å². The first kappa shape index (κ1) is 18.7. The van der Waals surface area contributed by atoms with Crippen molar-refractivity contribution >= 4 is 29.2 Å². The maximum absolute atomic E-state index is 10.8. The summed E-state index contributed by atoms with van der Waals surface area (Å²) in [6.45, 7) is 0.613. The molecule has 1 fully saturated rings. The highest BCUT2D eigenvalue weighted by molar-refractivity contribution is 8.76. The molecule has 0 saturated carbocycles. The minimum Gasteiger partial charge on any atom is -0.394 e. The molecule has 1 saturated heterocycles. The third-order valence-electron chi connectivity index (χ3n) is 2.65. The predicted molar refractivity (Wildman–Crippen MR) is 75.5 cm³/mol. The molecule has 11 heteroatoms. The van der Waals surface area contributed by atoms with Crippen molar-refractivity contribution in [2.45, 2.75) is 30.5 Å². The van der Waals surface area contributed by atoms with E-state index in [1.165, 1.54) is 10.8 Å². The van der Waals surface area contributed by atoms with E-state index in [0.717, 1.165) is 17.5 Å². The van der Waals surface area contributed by atoms with Crippen molar-refractivity contribution < 1.29 is 39.1 Å². The van der Waals surface area contributed by atoms with Gasteiger partial charge < -0.3 is 30.1 Å². The van der Waals surface area contributed by atoms with Gasteiger partial charge in [0.15, 0.2) is 0 Å². The summed E-state index contributed by atoms with van der Waals surface area (Å²) in [7, 11) is -1.13. The van der Waals surface area contributed by atoms with Crippen LogP contribution in [-0.2, 0) is 13.8 Å². The Morgan fingerprint density at radius 3 is 2.30 bits per heavy atom. The van der Waals surface area contributed by atoms with E-state index < -0.39 is 44.7 Å². The van der Waals surface area contributed by atoms with Gasteiger partial charge in [0.1, 0.15) is 30.4 Å². The zero-order valence-corrected chi connectivity index (χ0v) is 13.3. The molecule has 0 spiro atoms. The topological polar surface area (TPSA) is 137 Å². The van der Waals surface area contributed by atoms with Gasteiger partial charge in [0.2, 0.25) is 0 Å². The predicted octanol–water partition coefficient (Wildman–Crippen LogP) is -1.00. The number of aliphatic hydroxyl groups is 4. The van der Waals surface area contributed by atoms with Crippen LogP contribution >= 0.6 is 29.2 Å². The van der Waals surface area contributed by atoms with Crippen LogP contribution in [0.1, 0.15) is 0 Å². The van der Waals surface area contributed by atoms with Crippen LogP contribution in [0.5, 0.6) is 0 Å². The summed E-state index contributed by atoms with van der Waals surface area (Å²) in [6.07, 6.45) is -5.70. The van der Waals surface area contributed by atoms with E-state index in [1.54, 1.807) is 0 Å². The number of hydrogen-bond acceptors (Lipinski definition) is 9. The summed E-state index contributed by atoms with van der Waals surface area (Å²) in [5.74, 6) is 0.251. The van der Waals surface area contributed by atoms with E-state index in [2.05, 4.69) is 4.52 Å². The van der Waals surface area contributed by atoms with Crippen molar-refractivity contribution in [3.05, 3.63) is 0 Å². The fourth-order valence-electron chi connectivity index (χ4n) is 1.58. The van der Waals surface area contributed by atoms with E-state index in [1.807, 2.05) is 0 Å². The second kappa shape index (κ2) is 8.33. The quantitative estimate of drug-likeness (QED) is 0.168. The normalized spacial score (nSPS) is 37.6. The van der Waals surface area contributed by atoms with Gasteiger partial charge >= 0.3 is 7.60 Å². The molecule has 0 aliphatic carbocycles. The third-order valence-corrected chi connectivity index (χ3v) is 5.47. The van der Waals surface area contributed by atoms with E-state index in [9.17, 15) is 19.9 Å². The Hall–Kier alpha value is 0.650. The molecule has 6 unspecified atom stereocenters. The maximum atomic E-state index is 10.8. The molecule has 0 aromatic rings. The lowest BCUT2D eigenvalue weighted by Gasteiger charge is -2.39. The van der Waals surface area contributed by atoms with Crippen LogP contribution in [-0.4, -0.2) is 80.8 Å². The van der Waals surface area contributed by atoms with Gasteiger partial charge in [-0.05, 0) is 0 Å². The highest BCUT2D eigenvalue weighted by Gasteiger charge is 2.43. The van der Waals surface area contributed by atoms with Crippen molar-refractivity contribution in [2.24, 2.45) is 0 Å². The zero-order valence-electron chi connectivity index (χ0n) is 10.7. The van der Waals surface area contributed by atoms with Gasteiger partial charge in [0, 0.05) is 12.4 Å². The molecule has 1 aliphatic rings. The Balaban J connectivity index is 2.33. The first-order valence-electron chi connectivity index (χ1n) is 5.76. The molecule has 1 aliphatic heterocycles. The molecule has 1 heterocycles. The van der Waals surface area contributed by atoms with Crippen molar-refractivity contribution in [3.63, 3.8) is 0 Å². The van der Waals surface area contributed by atoms with Crippen LogP contribution in [0.3, 0.4) is 0 Å². The lowest BCUT2D eigenvalue weighted by Crippen LogP contribution is -2.59. The van der Waals surface area contributed by atoms with E-state index in [0.29, 0.717) is 0 Å². The van der Waals surface area contributed by atoms with Crippen LogP contribution in [0.25, 0.3) is 0 Å². The summed E-state index contributed by atoms with van der Waals surface area (Å²) in [5, 5.41) is 37.9. The molecule has 0 aromatic heterocycles. The van der Waals surface area contributed by atoms with Crippen molar-refractivity contribution in [1.29, 1.82) is 0 Å². The van der Waals surface area contributed by atoms with Gasteiger partial charge in [-0.1, -0.05) is 21.6 Å². The van der Waals surface area contributed by atoms with Crippen molar-refractivity contribution in [3.8, 4) is 0 Å². The summed E-state index contributed by atoms with van der Waals surface area (Å²) >= 11 is 0. The molecule has 120 valence electrons. The molecule has 1 rings (SSSR count). The summed E-state index contributed by atoms with van der Waals surface area (Å²) in [5.41, 5.74) is 0. The van der Waals surface area contributed by atoms with E-state index in [-0.39, 0.29) is 11.7 Å². The summed E-state index contributed by atoms with van der Waals surface area (Å²) in [4.78, 5) is 8.90.